The third kappa shape index (κ3) is 2.97. The van der Waals surface area contributed by atoms with Gasteiger partial charge in [0.05, 0.1) is 21.0 Å². The summed E-state index contributed by atoms with van der Waals surface area (Å²) in [4.78, 5) is 0. The van der Waals surface area contributed by atoms with Crippen LogP contribution in [0.15, 0.2) is 24.4 Å². The quantitative estimate of drug-likeness (QED) is 0.845. The number of sulfone groups is 1. The molecule has 0 bridgehead atoms. The Kier molecular flexibility index (Phi) is 4.11. The van der Waals surface area contributed by atoms with Crippen LogP contribution in [0.3, 0.4) is 0 Å². The lowest BCUT2D eigenvalue weighted by molar-refractivity contribution is 0.555. The number of rotatable bonds is 3. The monoisotopic (exact) mass is 333 g/mol. The predicted molar refractivity (Wildman–Crippen MR) is 85.5 cm³/mol. The van der Waals surface area contributed by atoms with Crippen LogP contribution in [-0.4, -0.2) is 23.5 Å². The van der Waals surface area contributed by atoms with E-state index in [4.69, 9.17) is 23.2 Å². The maximum absolute atomic E-state index is 12.2. The second-order valence-electron chi connectivity index (χ2n) is 5.76. The maximum atomic E-state index is 12.2. The summed E-state index contributed by atoms with van der Waals surface area (Å²) in [5.41, 5.74) is 0.853. The molecule has 0 atom stereocenters. The molecule has 0 saturated carbocycles. The van der Waals surface area contributed by atoms with E-state index in [9.17, 15) is 8.42 Å². The number of hydrogen-bond donors (Lipinski definition) is 0. The molecule has 6 heteroatoms. The minimum Gasteiger partial charge on any atom is -0.346 e. The van der Waals surface area contributed by atoms with Crippen LogP contribution >= 0.6 is 23.2 Å². The van der Waals surface area contributed by atoms with Crippen molar-refractivity contribution in [1.82, 2.24) is 4.57 Å². The van der Waals surface area contributed by atoms with Crippen LogP contribution in [0.5, 0.6) is 0 Å². The molecule has 0 spiro atoms. The Morgan fingerprint density at radius 2 is 1.85 bits per heavy atom. The second-order valence-corrected chi connectivity index (χ2v) is 9.47. The van der Waals surface area contributed by atoms with Crippen LogP contribution in [0.2, 0.25) is 10.0 Å². The molecule has 0 N–H and O–H groups in total. The van der Waals surface area contributed by atoms with Gasteiger partial charge in [0.1, 0.15) is 0 Å². The van der Waals surface area contributed by atoms with Crippen LogP contribution < -0.4 is 0 Å². The Morgan fingerprint density at radius 1 is 1.20 bits per heavy atom. The van der Waals surface area contributed by atoms with Gasteiger partial charge in [0.25, 0.3) is 0 Å². The standard InChI is InChI=1S/C14H17Cl2NO2S/c1-14(2,3)20(18,19)7-6-17-5-4-11-12(16)8-10(15)9-13(11)17/h4-5,8-9H,6-7H2,1-3H3. The van der Waals surface area contributed by atoms with Gasteiger partial charge in [-0.1, -0.05) is 23.2 Å². The highest BCUT2D eigenvalue weighted by atomic mass is 35.5. The molecule has 0 aliphatic carbocycles. The van der Waals surface area contributed by atoms with E-state index in [0.29, 0.717) is 16.6 Å². The minimum absolute atomic E-state index is 0.0877. The molecule has 1 aromatic carbocycles. The van der Waals surface area contributed by atoms with Crippen molar-refractivity contribution in [3.63, 3.8) is 0 Å². The first-order valence-corrected chi connectivity index (χ1v) is 8.69. The topological polar surface area (TPSA) is 39.1 Å². The summed E-state index contributed by atoms with van der Waals surface area (Å²) in [5.74, 6) is 0.0877. The van der Waals surface area contributed by atoms with Crippen LogP contribution in [0, 0.1) is 0 Å². The Labute approximate surface area is 129 Å². The van der Waals surface area contributed by atoms with Crippen molar-refractivity contribution >= 4 is 43.9 Å². The summed E-state index contributed by atoms with van der Waals surface area (Å²) < 4.78 is 25.4. The lowest BCUT2D eigenvalue weighted by Gasteiger charge is -2.19. The third-order valence-electron chi connectivity index (χ3n) is 3.34. The summed E-state index contributed by atoms with van der Waals surface area (Å²) in [7, 11) is -3.15. The highest BCUT2D eigenvalue weighted by Gasteiger charge is 2.28. The number of aromatic nitrogens is 1. The number of halogens is 2. The maximum Gasteiger partial charge on any atom is 0.156 e. The van der Waals surface area contributed by atoms with Gasteiger partial charge in [-0.05, 0) is 39.0 Å². The average Bonchev–Trinajstić information content (AvgIpc) is 2.68. The number of benzene rings is 1. The molecule has 2 rings (SSSR count). The Balaban J connectivity index is 2.32. The Morgan fingerprint density at radius 3 is 2.45 bits per heavy atom. The molecule has 0 fully saturated rings. The van der Waals surface area contributed by atoms with E-state index in [0.717, 1.165) is 10.9 Å². The fraction of sp³-hybridized carbons (Fsp3) is 0.429. The fourth-order valence-electron chi connectivity index (χ4n) is 1.94. The van der Waals surface area contributed by atoms with Crippen LogP contribution in [-0.2, 0) is 16.4 Å². The minimum atomic E-state index is -3.15. The zero-order valence-corrected chi connectivity index (χ0v) is 14.0. The van der Waals surface area contributed by atoms with E-state index in [1.807, 2.05) is 16.8 Å². The van der Waals surface area contributed by atoms with Crippen LogP contribution in [0.1, 0.15) is 20.8 Å². The molecule has 3 nitrogen and oxygen atoms in total. The Hall–Kier alpha value is -0.710. The lowest BCUT2D eigenvalue weighted by atomic mass is 10.2. The first kappa shape index (κ1) is 15.7. The number of aryl methyl sites for hydroxylation is 1. The average molecular weight is 334 g/mol. The second kappa shape index (κ2) is 5.24. The van der Waals surface area contributed by atoms with Crippen LogP contribution in [0.4, 0.5) is 0 Å². The van der Waals surface area contributed by atoms with E-state index in [1.54, 1.807) is 32.9 Å². The summed E-state index contributed by atoms with van der Waals surface area (Å²) in [6, 6.07) is 5.35. The summed E-state index contributed by atoms with van der Waals surface area (Å²) >= 11 is 12.1. The van der Waals surface area contributed by atoms with Gasteiger partial charge in [-0.15, -0.1) is 0 Å². The molecule has 0 radical (unpaired) electrons. The molecule has 1 aromatic heterocycles. The number of hydrogen-bond acceptors (Lipinski definition) is 2. The predicted octanol–water partition coefficient (Wildman–Crippen LogP) is 4.16. The van der Waals surface area contributed by atoms with Gasteiger partial charge in [0.2, 0.25) is 0 Å². The van der Waals surface area contributed by atoms with Gasteiger partial charge >= 0.3 is 0 Å². The zero-order valence-electron chi connectivity index (χ0n) is 11.7. The molecule has 0 saturated heterocycles. The van der Waals surface area contributed by atoms with Crippen molar-refractivity contribution in [2.45, 2.75) is 32.1 Å². The molecule has 0 unspecified atom stereocenters. The molecule has 20 heavy (non-hydrogen) atoms. The van der Waals surface area contributed by atoms with Gasteiger partial charge in [-0.3, -0.25) is 0 Å². The van der Waals surface area contributed by atoms with Crippen molar-refractivity contribution < 1.29 is 8.42 Å². The molecule has 110 valence electrons. The van der Waals surface area contributed by atoms with E-state index in [-0.39, 0.29) is 5.75 Å². The molecular formula is C14H17Cl2NO2S. The van der Waals surface area contributed by atoms with Crippen molar-refractivity contribution in [3.8, 4) is 0 Å². The smallest absolute Gasteiger partial charge is 0.156 e. The normalized spacial score (nSPS) is 13.1. The third-order valence-corrected chi connectivity index (χ3v) is 6.45. The summed E-state index contributed by atoms with van der Waals surface area (Å²) in [6.07, 6.45) is 1.84. The van der Waals surface area contributed by atoms with Gasteiger partial charge in [0.15, 0.2) is 9.84 Å². The molecule has 0 aliphatic heterocycles. The zero-order chi connectivity index (χ0) is 15.1. The summed E-state index contributed by atoms with van der Waals surface area (Å²) in [5, 5.41) is 2.00. The fourth-order valence-corrected chi connectivity index (χ4v) is 3.53. The van der Waals surface area contributed by atoms with Crippen molar-refractivity contribution in [2.24, 2.45) is 0 Å². The first-order chi connectivity index (χ1) is 9.12. The Bertz CT molecular complexity index is 742. The van der Waals surface area contributed by atoms with Gasteiger partial charge in [-0.2, -0.15) is 0 Å². The molecular weight excluding hydrogens is 317 g/mol. The SMILES string of the molecule is CC(C)(C)S(=O)(=O)CCn1ccc2c(Cl)cc(Cl)cc21. The van der Waals surface area contributed by atoms with Gasteiger partial charge in [0, 0.05) is 23.2 Å². The van der Waals surface area contributed by atoms with E-state index >= 15 is 0 Å². The molecule has 1 heterocycles. The van der Waals surface area contributed by atoms with Crippen molar-refractivity contribution in [3.05, 3.63) is 34.4 Å². The highest BCUT2D eigenvalue weighted by molar-refractivity contribution is 7.92. The van der Waals surface area contributed by atoms with Gasteiger partial charge in [-0.25, -0.2) is 8.42 Å². The summed E-state index contributed by atoms with van der Waals surface area (Å²) in [6.45, 7) is 5.53. The molecule has 2 aromatic rings. The van der Waals surface area contributed by atoms with Crippen LogP contribution in [0.25, 0.3) is 10.9 Å². The number of nitrogens with zero attached hydrogens (tertiary/aromatic N) is 1. The van der Waals surface area contributed by atoms with E-state index in [1.165, 1.54) is 0 Å². The highest BCUT2D eigenvalue weighted by Crippen LogP contribution is 2.29. The number of fused-ring (bicyclic) bond motifs is 1. The van der Waals surface area contributed by atoms with E-state index in [2.05, 4.69) is 0 Å². The molecule has 0 aliphatic rings. The lowest BCUT2D eigenvalue weighted by Crippen LogP contribution is -2.31. The largest absolute Gasteiger partial charge is 0.346 e. The first-order valence-electron chi connectivity index (χ1n) is 6.28. The molecule has 0 amide bonds. The van der Waals surface area contributed by atoms with Crippen molar-refractivity contribution in [1.29, 1.82) is 0 Å². The van der Waals surface area contributed by atoms with Gasteiger partial charge < -0.3 is 4.57 Å². The van der Waals surface area contributed by atoms with Crippen molar-refractivity contribution in [2.75, 3.05) is 5.75 Å². The van der Waals surface area contributed by atoms with E-state index < -0.39 is 14.6 Å².